The maximum absolute atomic E-state index is 11.8. The van der Waals surface area contributed by atoms with Crippen LogP contribution in [-0.2, 0) is 0 Å². The number of ether oxygens (including phenoxy) is 1. The van der Waals surface area contributed by atoms with Crippen molar-refractivity contribution in [2.75, 3.05) is 10.2 Å². The fourth-order valence-electron chi connectivity index (χ4n) is 0.992. The van der Waals surface area contributed by atoms with Gasteiger partial charge in [0.2, 0.25) is 0 Å². The van der Waals surface area contributed by atoms with E-state index in [1.165, 1.54) is 12.1 Å². The van der Waals surface area contributed by atoms with E-state index >= 15 is 0 Å². The minimum absolute atomic E-state index is 0.187. The van der Waals surface area contributed by atoms with Gasteiger partial charge in [-0.2, -0.15) is 0 Å². The fourth-order valence-corrected chi connectivity index (χ4v) is 1.47. The molecule has 0 saturated carbocycles. The number of anilines is 1. The number of nitrogens with zero attached hydrogens (tertiary/aromatic N) is 1. The molecule has 1 fully saturated rings. The highest BCUT2D eigenvalue weighted by atomic mass is 32.2. The quantitative estimate of drug-likeness (QED) is 0.562. The van der Waals surface area contributed by atoms with Crippen LogP contribution in [0, 0.1) is 0 Å². The number of hydrogen-bond acceptors (Lipinski definition) is 3. The van der Waals surface area contributed by atoms with E-state index in [1.807, 2.05) is 4.31 Å². The molecule has 2 rings (SSSR count). The lowest BCUT2D eigenvalue weighted by Gasteiger charge is -2.09. The Labute approximate surface area is 82.8 Å². The molecule has 2 nitrogen and oxygen atoms in total. The van der Waals surface area contributed by atoms with E-state index in [-0.39, 0.29) is 5.75 Å². The van der Waals surface area contributed by atoms with Crippen molar-refractivity contribution >= 4 is 17.6 Å². The Morgan fingerprint density at radius 1 is 1.21 bits per heavy atom. The van der Waals surface area contributed by atoms with Crippen LogP contribution in [0.4, 0.5) is 18.9 Å². The molecule has 14 heavy (non-hydrogen) atoms. The number of halogens is 3. The number of alkyl halides is 3. The minimum atomic E-state index is -4.61. The largest absolute Gasteiger partial charge is 0.573 e. The van der Waals surface area contributed by atoms with Gasteiger partial charge in [-0.25, -0.2) is 0 Å². The third-order valence-corrected chi connectivity index (χ3v) is 2.34. The standard InChI is InChI=1S/C8H6F3NOS/c9-8(10,11)13-7-3-1-6(2-4-7)12-5-14-12/h1-4H,5H2. The lowest BCUT2D eigenvalue weighted by Crippen LogP contribution is -2.16. The Kier molecular flexibility index (Phi) is 2.22. The van der Waals surface area contributed by atoms with E-state index in [1.54, 1.807) is 24.1 Å². The van der Waals surface area contributed by atoms with E-state index < -0.39 is 6.36 Å². The highest BCUT2D eigenvalue weighted by Crippen LogP contribution is 2.36. The van der Waals surface area contributed by atoms with Gasteiger partial charge < -0.3 is 9.04 Å². The Morgan fingerprint density at radius 2 is 1.79 bits per heavy atom. The zero-order valence-corrected chi connectivity index (χ0v) is 7.73. The molecule has 0 amide bonds. The normalized spacial score (nSPS) is 15.5. The van der Waals surface area contributed by atoms with Gasteiger partial charge in [0.1, 0.15) is 5.75 Å². The van der Waals surface area contributed by atoms with Gasteiger partial charge >= 0.3 is 6.36 Å². The minimum Gasteiger partial charge on any atom is -0.406 e. The first-order valence-corrected chi connectivity index (χ1v) is 4.75. The number of hydrogen-bond donors (Lipinski definition) is 0. The van der Waals surface area contributed by atoms with Gasteiger partial charge in [0.15, 0.2) is 0 Å². The summed E-state index contributed by atoms with van der Waals surface area (Å²) in [6.07, 6.45) is -4.61. The summed E-state index contributed by atoms with van der Waals surface area (Å²) in [5.74, 6) is 0.701. The van der Waals surface area contributed by atoms with Gasteiger partial charge in [-0.1, -0.05) is 0 Å². The van der Waals surface area contributed by atoms with Gasteiger partial charge in [0.05, 0.1) is 5.88 Å². The Hall–Kier alpha value is -1.04. The zero-order valence-electron chi connectivity index (χ0n) is 6.91. The first kappa shape index (κ1) is 9.51. The molecule has 0 N–H and O–H groups in total. The van der Waals surface area contributed by atoms with Crippen LogP contribution >= 0.6 is 11.9 Å². The molecule has 1 aromatic rings. The summed E-state index contributed by atoms with van der Waals surface area (Å²) in [6.45, 7) is 0. The maximum atomic E-state index is 11.8. The second-order valence-corrected chi connectivity index (χ2v) is 3.64. The van der Waals surface area contributed by atoms with Crippen molar-refractivity contribution < 1.29 is 17.9 Å². The second kappa shape index (κ2) is 3.27. The van der Waals surface area contributed by atoms with E-state index in [0.717, 1.165) is 11.6 Å². The predicted octanol–water partition coefficient (Wildman–Crippen LogP) is 3.01. The van der Waals surface area contributed by atoms with Crippen LogP contribution in [0.25, 0.3) is 0 Å². The topological polar surface area (TPSA) is 12.2 Å². The molecule has 1 saturated heterocycles. The number of rotatable bonds is 2. The molecule has 1 heterocycles. The average molecular weight is 221 g/mol. The van der Waals surface area contributed by atoms with E-state index in [9.17, 15) is 13.2 Å². The molecule has 1 aliphatic rings. The van der Waals surface area contributed by atoms with Crippen molar-refractivity contribution in [3.63, 3.8) is 0 Å². The summed E-state index contributed by atoms with van der Waals surface area (Å²) in [5.41, 5.74) is 0.893. The molecular formula is C8H6F3NOS. The summed E-state index contributed by atoms with van der Waals surface area (Å²) in [6, 6.07) is 5.81. The van der Waals surface area contributed by atoms with Crippen LogP contribution in [0.3, 0.4) is 0 Å². The summed E-state index contributed by atoms with van der Waals surface area (Å²) in [7, 11) is 0. The van der Waals surface area contributed by atoms with Gasteiger partial charge in [-0.15, -0.1) is 13.2 Å². The first-order valence-electron chi connectivity index (χ1n) is 3.81. The van der Waals surface area contributed by atoms with Gasteiger partial charge in [0.25, 0.3) is 0 Å². The Bertz CT molecular complexity index is 320. The molecule has 0 aliphatic carbocycles. The first-order chi connectivity index (χ1) is 6.54. The lowest BCUT2D eigenvalue weighted by atomic mass is 10.3. The summed E-state index contributed by atoms with van der Waals surface area (Å²) in [4.78, 5) is 0. The Balaban J connectivity index is 2.06. The van der Waals surface area contributed by atoms with Crippen molar-refractivity contribution in [2.24, 2.45) is 0 Å². The van der Waals surface area contributed by atoms with E-state index in [0.29, 0.717) is 0 Å². The van der Waals surface area contributed by atoms with Crippen LogP contribution in [-0.4, -0.2) is 12.2 Å². The summed E-state index contributed by atoms with van der Waals surface area (Å²) < 4.78 is 41.0. The molecule has 0 atom stereocenters. The van der Waals surface area contributed by atoms with Gasteiger partial charge in [-0.3, -0.25) is 0 Å². The van der Waals surface area contributed by atoms with Crippen LogP contribution < -0.4 is 9.04 Å². The third-order valence-electron chi connectivity index (χ3n) is 1.62. The highest BCUT2D eigenvalue weighted by Gasteiger charge is 2.31. The molecular weight excluding hydrogens is 215 g/mol. The van der Waals surface area contributed by atoms with Crippen molar-refractivity contribution in [1.82, 2.24) is 0 Å². The van der Waals surface area contributed by atoms with Crippen molar-refractivity contribution in [2.45, 2.75) is 6.36 Å². The second-order valence-electron chi connectivity index (χ2n) is 2.68. The molecule has 0 bridgehead atoms. The van der Waals surface area contributed by atoms with E-state index in [2.05, 4.69) is 4.74 Å². The molecule has 1 aromatic carbocycles. The molecule has 0 radical (unpaired) electrons. The molecule has 0 spiro atoms. The van der Waals surface area contributed by atoms with Crippen molar-refractivity contribution in [3.05, 3.63) is 24.3 Å². The van der Waals surface area contributed by atoms with E-state index in [4.69, 9.17) is 0 Å². The van der Waals surface area contributed by atoms with Crippen LogP contribution in [0.5, 0.6) is 5.75 Å². The Morgan fingerprint density at radius 3 is 2.21 bits per heavy atom. The van der Waals surface area contributed by atoms with Gasteiger partial charge in [0, 0.05) is 5.69 Å². The van der Waals surface area contributed by atoms with Crippen LogP contribution in [0.1, 0.15) is 0 Å². The molecule has 6 heteroatoms. The summed E-state index contributed by atoms with van der Waals surface area (Å²) >= 11 is 1.61. The fraction of sp³-hybridized carbons (Fsp3) is 0.250. The molecule has 0 unspecified atom stereocenters. The monoisotopic (exact) mass is 221 g/mol. The predicted molar refractivity (Wildman–Crippen MR) is 48.1 cm³/mol. The molecule has 76 valence electrons. The smallest absolute Gasteiger partial charge is 0.406 e. The molecule has 0 aromatic heterocycles. The van der Waals surface area contributed by atoms with Crippen molar-refractivity contribution in [3.8, 4) is 5.75 Å². The summed E-state index contributed by atoms with van der Waals surface area (Å²) in [5, 5.41) is 0. The van der Waals surface area contributed by atoms with Crippen LogP contribution in [0.15, 0.2) is 24.3 Å². The average Bonchev–Trinajstić information content (AvgIpc) is 2.85. The SMILES string of the molecule is FC(F)(F)Oc1ccc(N2CS2)cc1. The highest BCUT2D eigenvalue weighted by molar-refractivity contribution is 8.07. The van der Waals surface area contributed by atoms with Crippen LogP contribution in [0.2, 0.25) is 0 Å². The lowest BCUT2D eigenvalue weighted by molar-refractivity contribution is -0.274. The third kappa shape index (κ3) is 2.47. The van der Waals surface area contributed by atoms with Gasteiger partial charge in [-0.05, 0) is 36.2 Å². The zero-order chi connectivity index (χ0) is 10.2. The van der Waals surface area contributed by atoms with Crippen molar-refractivity contribution in [1.29, 1.82) is 0 Å². The maximum Gasteiger partial charge on any atom is 0.573 e. The molecule has 1 aliphatic heterocycles. The number of benzene rings is 1.